The van der Waals surface area contributed by atoms with Crippen LogP contribution in [-0.2, 0) is 16.1 Å². The van der Waals surface area contributed by atoms with Gasteiger partial charge in [-0.3, -0.25) is 4.79 Å². The van der Waals surface area contributed by atoms with E-state index in [1.54, 1.807) is 23.2 Å². The predicted molar refractivity (Wildman–Crippen MR) is 123 cm³/mol. The quantitative estimate of drug-likeness (QED) is 0.365. The largest absolute Gasteiger partial charge is 0.435 e. The van der Waals surface area contributed by atoms with E-state index in [9.17, 15) is 13.6 Å². The van der Waals surface area contributed by atoms with Gasteiger partial charge in [-0.15, -0.1) is 0 Å². The lowest BCUT2D eigenvalue weighted by atomic mass is 10.2. The third-order valence-corrected chi connectivity index (χ3v) is 4.84. The minimum Gasteiger partial charge on any atom is -0.435 e. The number of amides is 1. The lowest BCUT2D eigenvalue weighted by Crippen LogP contribution is -2.44. The number of ether oxygens (including phenoxy) is 2. The molecule has 10 nitrogen and oxygen atoms in total. The van der Waals surface area contributed by atoms with Gasteiger partial charge in [0.1, 0.15) is 11.6 Å². The highest BCUT2D eigenvalue weighted by molar-refractivity contribution is 5.81. The summed E-state index contributed by atoms with van der Waals surface area (Å²) in [5.41, 5.74) is 1.88. The first-order valence-corrected chi connectivity index (χ1v) is 10.6. The van der Waals surface area contributed by atoms with Crippen LogP contribution in [0, 0.1) is 12.3 Å². The number of nitrogens with zero attached hydrogens (tertiary/aromatic N) is 3. The molecule has 0 unspecified atom stereocenters. The molecular weight excluding hydrogens is 448 g/mol. The molecule has 2 aromatic rings. The van der Waals surface area contributed by atoms with E-state index in [0.717, 1.165) is 17.3 Å². The van der Waals surface area contributed by atoms with Crippen molar-refractivity contribution in [1.29, 1.82) is 5.41 Å². The number of carbonyl (C=O) groups excluding carboxylic acids is 1. The van der Waals surface area contributed by atoms with Crippen LogP contribution >= 0.6 is 0 Å². The maximum atomic E-state index is 12.4. The summed E-state index contributed by atoms with van der Waals surface area (Å²) in [6.07, 6.45) is 4.21. The molecule has 1 saturated heterocycles. The number of benzene rings is 1. The van der Waals surface area contributed by atoms with Gasteiger partial charge in [-0.1, -0.05) is 12.1 Å². The number of anilines is 2. The molecule has 0 bridgehead atoms. The predicted octanol–water partition coefficient (Wildman–Crippen LogP) is 2.35. The first-order chi connectivity index (χ1) is 16.4. The Balaban J connectivity index is 1.57. The number of aryl methyl sites for hydroxylation is 1. The summed E-state index contributed by atoms with van der Waals surface area (Å²) in [5, 5.41) is 16.6. The normalized spacial score (nSPS) is 14.0. The molecule has 2 heterocycles. The lowest BCUT2D eigenvalue weighted by molar-refractivity contribution is -0.134. The summed E-state index contributed by atoms with van der Waals surface area (Å²) in [6, 6.07) is 6.39. The Labute approximate surface area is 195 Å². The van der Waals surface area contributed by atoms with Gasteiger partial charge < -0.3 is 35.7 Å². The van der Waals surface area contributed by atoms with Crippen molar-refractivity contribution < 1.29 is 23.0 Å². The fourth-order valence-corrected chi connectivity index (χ4v) is 3.11. The number of aromatic nitrogens is 2. The van der Waals surface area contributed by atoms with Crippen molar-refractivity contribution in [3.05, 3.63) is 53.5 Å². The number of morpholine rings is 1. The molecule has 1 aromatic carbocycles. The Hall–Kier alpha value is -3.80. The molecule has 182 valence electrons. The number of nitrogens with one attached hydrogen (secondary N) is 4. The zero-order chi connectivity index (χ0) is 24.3. The van der Waals surface area contributed by atoms with E-state index in [0.29, 0.717) is 44.4 Å². The third kappa shape index (κ3) is 7.66. The van der Waals surface area contributed by atoms with Crippen LogP contribution in [0.2, 0.25) is 0 Å². The number of hydrogen-bond acceptors (Lipinski definition) is 9. The van der Waals surface area contributed by atoms with Crippen LogP contribution in [0.25, 0.3) is 0 Å². The smallest absolute Gasteiger partial charge is 0.387 e. The molecule has 12 heteroatoms. The summed E-state index contributed by atoms with van der Waals surface area (Å²) in [4.78, 5) is 22.5. The van der Waals surface area contributed by atoms with Crippen molar-refractivity contribution in [2.75, 3.05) is 43.5 Å². The van der Waals surface area contributed by atoms with Crippen molar-refractivity contribution in [1.82, 2.24) is 20.2 Å². The van der Waals surface area contributed by atoms with E-state index in [1.807, 2.05) is 6.92 Å². The fourth-order valence-electron chi connectivity index (χ4n) is 3.11. The molecule has 0 spiro atoms. The van der Waals surface area contributed by atoms with Crippen molar-refractivity contribution in [2.45, 2.75) is 20.1 Å². The summed E-state index contributed by atoms with van der Waals surface area (Å²) in [5.74, 6) is 0.817. The minimum atomic E-state index is -2.89. The highest BCUT2D eigenvalue weighted by Gasteiger charge is 2.15. The number of alkyl halides is 2. The van der Waals surface area contributed by atoms with E-state index in [1.165, 1.54) is 18.3 Å². The van der Waals surface area contributed by atoms with Crippen molar-refractivity contribution >= 4 is 23.9 Å². The number of rotatable bonds is 11. The van der Waals surface area contributed by atoms with Gasteiger partial charge in [-0.25, -0.2) is 4.98 Å². The molecule has 1 aliphatic heterocycles. The van der Waals surface area contributed by atoms with Gasteiger partial charge in [-0.2, -0.15) is 13.8 Å². The van der Waals surface area contributed by atoms with E-state index < -0.39 is 6.61 Å². The second-order valence-corrected chi connectivity index (χ2v) is 7.35. The Morgan fingerprint density at radius 1 is 1.35 bits per heavy atom. The highest BCUT2D eigenvalue weighted by atomic mass is 19.3. The molecule has 1 fully saturated rings. The second-order valence-electron chi connectivity index (χ2n) is 7.35. The first-order valence-electron chi connectivity index (χ1n) is 10.6. The van der Waals surface area contributed by atoms with Crippen molar-refractivity contribution in [2.24, 2.45) is 0 Å². The van der Waals surface area contributed by atoms with Crippen LogP contribution in [0.15, 0.2) is 42.4 Å². The van der Waals surface area contributed by atoms with Gasteiger partial charge >= 0.3 is 6.61 Å². The Bertz CT molecular complexity index is 1010. The van der Waals surface area contributed by atoms with Crippen LogP contribution in [0.1, 0.15) is 11.1 Å². The Morgan fingerprint density at radius 3 is 2.88 bits per heavy atom. The van der Waals surface area contributed by atoms with Gasteiger partial charge in [-0.05, 0) is 24.6 Å². The molecule has 1 amide bonds. The summed E-state index contributed by atoms with van der Waals surface area (Å²) in [6.45, 7) is 1.56. The standard InChI is InChI=1S/C22H27F2N7O3/c1-15-11-28-22(29-17(10-25)13-26-14-19(32)31-5-7-33-8-6-31)30-20(15)27-12-16-3-2-4-18(9-16)34-21(23)24/h2-4,9-11,13,21,25-26H,5-8,12,14H2,1H3,(H2,27,28,29,30)/b17-13+,25-10?. The molecule has 0 atom stereocenters. The summed E-state index contributed by atoms with van der Waals surface area (Å²) in [7, 11) is 0. The van der Waals surface area contributed by atoms with Gasteiger partial charge in [0.05, 0.1) is 25.5 Å². The summed E-state index contributed by atoms with van der Waals surface area (Å²) < 4.78 is 34.5. The van der Waals surface area contributed by atoms with Gasteiger partial charge in [0, 0.05) is 43.8 Å². The fraction of sp³-hybridized carbons (Fsp3) is 0.364. The van der Waals surface area contributed by atoms with Gasteiger partial charge in [0.25, 0.3) is 0 Å². The Kier molecular flexibility index (Phi) is 9.09. The maximum absolute atomic E-state index is 12.4. The Morgan fingerprint density at radius 2 is 2.15 bits per heavy atom. The number of carbonyl (C=O) groups is 1. The number of allylic oxidation sites excluding steroid dienone is 1. The second kappa shape index (κ2) is 12.4. The maximum Gasteiger partial charge on any atom is 0.387 e. The monoisotopic (exact) mass is 475 g/mol. The van der Waals surface area contributed by atoms with E-state index in [4.69, 9.17) is 10.1 Å². The molecule has 0 saturated carbocycles. The molecule has 0 radical (unpaired) electrons. The molecular formula is C22H27F2N7O3. The zero-order valence-corrected chi connectivity index (χ0v) is 18.7. The van der Waals surface area contributed by atoms with Crippen molar-refractivity contribution in [3.8, 4) is 5.75 Å². The van der Waals surface area contributed by atoms with E-state index in [-0.39, 0.29) is 24.1 Å². The molecule has 4 N–H and O–H groups in total. The first kappa shape index (κ1) is 24.8. The minimum absolute atomic E-state index is 0.0510. The third-order valence-electron chi connectivity index (χ3n) is 4.84. The van der Waals surface area contributed by atoms with Crippen molar-refractivity contribution in [3.63, 3.8) is 0 Å². The van der Waals surface area contributed by atoms with E-state index in [2.05, 4.69) is 30.7 Å². The molecule has 1 aromatic heterocycles. The molecule has 1 aliphatic rings. The van der Waals surface area contributed by atoms with Crippen LogP contribution in [0.3, 0.4) is 0 Å². The van der Waals surface area contributed by atoms with Crippen LogP contribution in [-0.4, -0.2) is 66.4 Å². The zero-order valence-electron chi connectivity index (χ0n) is 18.7. The van der Waals surface area contributed by atoms with Gasteiger partial charge in [0.2, 0.25) is 11.9 Å². The number of hydrogen-bond donors (Lipinski definition) is 4. The summed E-state index contributed by atoms with van der Waals surface area (Å²) >= 11 is 0. The lowest BCUT2D eigenvalue weighted by Gasteiger charge is -2.26. The molecule has 0 aliphatic carbocycles. The molecule has 34 heavy (non-hydrogen) atoms. The van der Waals surface area contributed by atoms with Crippen LogP contribution in [0.5, 0.6) is 5.75 Å². The van der Waals surface area contributed by atoms with Crippen LogP contribution < -0.4 is 20.7 Å². The average molecular weight is 476 g/mol. The van der Waals surface area contributed by atoms with Gasteiger partial charge in [0.15, 0.2) is 0 Å². The SMILES string of the molecule is Cc1cnc(N/C(C=N)=C/NCC(=O)N2CCOCC2)nc1NCc1cccc(OC(F)F)c1. The topological polar surface area (TPSA) is 124 Å². The average Bonchev–Trinajstić information content (AvgIpc) is 2.84. The van der Waals surface area contributed by atoms with Crippen LogP contribution in [0.4, 0.5) is 20.5 Å². The number of halogens is 2. The molecule has 3 rings (SSSR count). The highest BCUT2D eigenvalue weighted by Crippen LogP contribution is 2.18. The van der Waals surface area contributed by atoms with E-state index >= 15 is 0 Å².